The van der Waals surface area contributed by atoms with Gasteiger partial charge in [0.05, 0.1) is 18.5 Å². The van der Waals surface area contributed by atoms with Crippen LogP contribution in [-0.4, -0.2) is 33.9 Å². The monoisotopic (exact) mass is 460 g/mol. The summed E-state index contributed by atoms with van der Waals surface area (Å²) in [4.78, 5) is 27.5. The second kappa shape index (κ2) is 9.26. The minimum atomic E-state index is -0.0983. The van der Waals surface area contributed by atoms with Crippen LogP contribution in [0.2, 0.25) is 0 Å². The summed E-state index contributed by atoms with van der Waals surface area (Å²) in [6.07, 6.45) is 6.32. The normalized spacial score (nSPS) is 14.2. The first-order valence-electron chi connectivity index (χ1n) is 10.5. The molecule has 9 nitrogen and oxygen atoms in total. The van der Waals surface area contributed by atoms with Crippen molar-refractivity contribution in [1.82, 2.24) is 20.3 Å². The van der Waals surface area contributed by atoms with Crippen LogP contribution in [-0.2, 0) is 11.3 Å². The van der Waals surface area contributed by atoms with Crippen LogP contribution in [0, 0.1) is 17.2 Å². The van der Waals surface area contributed by atoms with Gasteiger partial charge in [0.1, 0.15) is 11.1 Å². The predicted molar refractivity (Wildman–Crippen MR) is 121 cm³/mol. The maximum absolute atomic E-state index is 12.7. The molecule has 33 heavy (non-hydrogen) atoms. The minimum Gasteiger partial charge on any atom is -0.459 e. The van der Waals surface area contributed by atoms with Crippen molar-refractivity contribution in [3.05, 3.63) is 59.0 Å². The van der Waals surface area contributed by atoms with E-state index in [2.05, 4.69) is 26.3 Å². The van der Waals surface area contributed by atoms with Crippen LogP contribution in [0.5, 0.6) is 0 Å². The molecule has 4 aromatic rings. The van der Waals surface area contributed by atoms with Gasteiger partial charge in [-0.2, -0.15) is 10.2 Å². The highest BCUT2D eigenvalue weighted by Crippen LogP contribution is 2.31. The first-order chi connectivity index (χ1) is 16.2. The fourth-order valence-electron chi connectivity index (χ4n) is 3.80. The standard InChI is InChI=1S/C23H20N6O3S/c24-12-17-23(32-22(28-17)19-2-1-11-31-19)29-9-5-16(6-10-29)21(30)26-13-20-27-18(14-33-20)15-3-7-25-8-4-15/h1-4,7-8,11,14,16H,5-6,9-10,13H2,(H,26,30). The number of furan rings is 1. The summed E-state index contributed by atoms with van der Waals surface area (Å²) in [7, 11) is 0. The van der Waals surface area contributed by atoms with Gasteiger partial charge in [-0.15, -0.1) is 11.3 Å². The third-order valence-corrected chi connectivity index (χ3v) is 6.39. The molecule has 5 heterocycles. The molecule has 4 aromatic heterocycles. The van der Waals surface area contributed by atoms with Crippen LogP contribution in [0.15, 0.2) is 57.1 Å². The number of hydrogen-bond donors (Lipinski definition) is 1. The lowest BCUT2D eigenvalue weighted by molar-refractivity contribution is -0.125. The molecule has 1 aliphatic rings. The Morgan fingerprint density at radius 3 is 2.79 bits per heavy atom. The van der Waals surface area contributed by atoms with Gasteiger partial charge in [0.25, 0.3) is 5.89 Å². The number of aromatic nitrogens is 3. The van der Waals surface area contributed by atoms with E-state index in [9.17, 15) is 10.1 Å². The Balaban J connectivity index is 1.16. The molecule has 10 heteroatoms. The van der Waals surface area contributed by atoms with Gasteiger partial charge in [-0.1, -0.05) is 0 Å². The summed E-state index contributed by atoms with van der Waals surface area (Å²) >= 11 is 1.52. The summed E-state index contributed by atoms with van der Waals surface area (Å²) in [5.41, 5.74) is 2.11. The Kier molecular flexibility index (Phi) is 5.87. The number of nitrogens with zero attached hydrogens (tertiary/aromatic N) is 5. The van der Waals surface area contributed by atoms with Gasteiger partial charge in [0, 0.05) is 42.3 Å². The summed E-state index contributed by atoms with van der Waals surface area (Å²) in [6, 6.07) is 9.38. The van der Waals surface area contributed by atoms with Crippen molar-refractivity contribution < 1.29 is 13.6 Å². The van der Waals surface area contributed by atoms with E-state index >= 15 is 0 Å². The van der Waals surface area contributed by atoms with Gasteiger partial charge < -0.3 is 19.1 Å². The van der Waals surface area contributed by atoms with Crippen LogP contribution in [0.25, 0.3) is 22.9 Å². The van der Waals surface area contributed by atoms with Gasteiger partial charge in [0.2, 0.25) is 17.5 Å². The lowest BCUT2D eigenvalue weighted by Gasteiger charge is -2.30. The van der Waals surface area contributed by atoms with Crippen LogP contribution in [0.1, 0.15) is 23.5 Å². The lowest BCUT2D eigenvalue weighted by Crippen LogP contribution is -2.40. The highest BCUT2D eigenvalue weighted by Gasteiger charge is 2.29. The summed E-state index contributed by atoms with van der Waals surface area (Å²) in [5, 5.41) is 15.3. The number of oxazole rings is 1. The molecular formula is C23H20N6O3S. The molecule has 0 unspecified atom stereocenters. The second-order valence-corrected chi connectivity index (χ2v) is 8.55. The highest BCUT2D eigenvalue weighted by atomic mass is 32.1. The summed E-state index contributed by atoms with van der Waals surface area (Å²) < 4.78 is 11.1. The zero-order valence-corrected chi connectivity index (χ0v) is 18.4. The van der Waals surface area contributed by atoms with E-state index in [1.165, 1.54) is 17.6 Å². The number of piperidine rings is 1. The Bertz CT molecular complexity index is 1270. The fraction of sp³-hybridized carbons (Fsp3) is 0.261. The number of nitrogens with one attached hydrogen (secondary N) is 1. The molecule has 0 aliphatic carbocycles. The molecule has 1 saturated heterocycles. The minimum absolute atomic E-state index is 0.0182. The van der Waals surface area contributed by atoms with Gasteiger partial charge in [-0.3, -0.25) is 9.78 Å². The van der Waals surface area contributed by atoms with Crippen LogP contribution < -0.4 is 10.2 Å². The van der Waals surface area contributed by atoms with Crippen molar-refractivity contribution in [2.24, 2.45) is 5.92 Å². The molecule has 1 fully saturated rings. The number of amides is 1. The molecule has 5 rings (SSSR count). The average molecular weight is 461 g/mol. The van der Waals surface area contributed by atoms with Crippen molar-refractivity contribution >= 4 is 23.1 Å². The molecule has 0 spiro atoms. The number of thiazole rings is 1. The number of pyridine rings is 1. The van der Waals surface area contributed by atoms with Crippen molar-refractivity contribution in [2.75, 3.05) is 18.0 Å². The molecule has 1 N–H and O–H groups in total. The summed E-state index contributed by atoms with van der Waals surface area (Å²) in [5.74, 6) is 1.10. The summed E-state index contributed by atoms with van der Waals surface area (Å²) in [6.45, 7) is 1.61. The van der Waals surface area contributed by atoms with Crippen molar-refractivity contribution in [2.45, 2.75) is 19.4 Å². The second-order valence-electron chi connectivity index (χ2n) is 7.60. The van der Waals surface area contributed by atoms with Crippen molar-refractivity contribution in [3.63, 3.8) is 0 Å². The first-order valence-corrected chi connectivity index (χ1v) is 11.4. The SMILES string of the molecule is N#Cc1nc(-c2ccco2)oc1N1CCC(C(=O)NCc2nc(-c3ccncc3)cs2)CC1. The van der Waals surface area contributed by atoms with E-state index in [1.54, 1.807) is 24.5 Å². The molecule has 166 valence electrons. The number of rotatable bonds is 6. The number of carbonyl (C=O) groups is 1. The number of nitriles is 1. The maximum atomic E-state index is 12.7. The first kappa shape index (κ1) is 20.9. The highest BCUT2D eigenvalue weighted by molar-refractivity contribution is 7.09. The Morgan fingerprint density at radius 1 is 1.24 bits per heavy atom. The Hall–Kier alpha value is -3.97. The van der Waals surface area contributed by atoms with Crippen LogP contribution >= 0.6 is 11.3 Å². The largest absolute Gasteiger partial charge is 0.459 e. The molecule has 0 aromatic carbocycles. The van der Waals surface area contributed by atoms with E-state index in [4.69, 9.17) is 8.83 Å². The molecule has 0 bridgehead atoms. The third kappa shape index (κ3) is 4.49. The number of anilines is 1. The zero-order valence-electron chi connectivity index (χ0n) is 17.6. The van der Waals surface area contributed by atoms with E-state index in [0.717, 1.165) is 16.3 Å². The van der Waals surface area contributed by atoms with Crippen LogP contribution in [0.3, 0.4) is 0 Å². The molecule has 1 amide bonds. The molecule has 0 atom stereocenters. The van der Waals surface area contributed by atoms with Crippen LogP contribution in [0.4, 0.5) is 5.88 Å². The lowest BCUT2D eigenvalue weighted by atomic mass is 9.96. The molecule has 0 radical (unpaired) electrons. The Labute approximate surface area is 193 Å². The van der Waals surface area contributed by atoms with Gasteiger partial charge >= 0.3 is 0 Å². The Morgan fingerprint density at radius 2 is 2.06 bits per heavy atom. The van der Waals surface area contributed by atoms with E-state index in [0.29, 0.717) is 44.1 Å². The predicted octanol–water partition coefficient (Wildman–Crippen LogP) is 3.86. The topological polar surface area (TPSA) is 121 Å². The van der Waals surface area contributed by atoms with E-state index < -0.39 is 0 Å². The van der Waals surface area contributed by atoms with Crippen molar-refractivity contribution in [1.29, 1.82) is 5.26 Å². The van der Waals surface area contributed by atoms with E-state index in [-0.39, 0.29) is 23.4 Å². The quantitative estimate of drug-likeness (QED) is 0.460. The molecule has 0 saturated carbocycles. The fourth-order valence-corrected chi connectivity index (χ4v) is 4.55. The smallest absolute Gasteiger partial charge is 0.266 e. The van der Waals surface area contributed by atoms with Gasteiger partial charge in [-0.05, 0) is 37.1 Å². The zero-order chi connectivity index (χ0) is 22.6. The van der Waals surface area contributed by atoms with E-state index in [1.807, 2.05) is 22.4 Å². The third-order valence-electron chi connectivity index (χ3n) is 5.54. The molecule has 1 aliphatic heterocycles. The van der Waals surface area contributed by atoms with Gasteiger partial charge in [0.15, 0.2) is 5.76 Å². The van der Waals surface area contributed by atoms with Crippen molar-refractivity contribution in [3.8, 4) is 29.0 Å². The maximum Gasteiger partial charge on any atom is 0.266 e. The number of hydrogen-bond acceptors (Lipinski definition) is 9. The molecular weight excluding hydrogens is 440 g/mol. The number of carbonyl (C=O) groups excluding carboxylic acids is 1. The van der Waals surface area contributed by atoms with Gasteiger partial charge in [-0.25, -0.2) is 4.98 Å². The average Bonchev–Trinajstić information content (AvgIpc) is 3.63.